The highest BCUT2D eigenvalue weighted by Gasteiger charge is 2.25. The Bertz CT molecular complexity index is 1880. The van der Waals surface area contributed by atoms with Gasteiger partial charge in [-0.3, -0.25) is 9.36 Å². The molecule has 2 amide bonds. The summed E-state index contributed by atoms with van der Waals surface area (Å²) >= 11 is 1.19. The number of methoxy groups -OCH3 is 1. The number of hydrogen-bond acceptors (Lipinski definition) is 6. The number of nitrogens with zero attached hydrogens (tertiary/aromatic N) is 2. The van der Waals surface area contributed by atoms with Gasteiger partial charge in [0, 0.05) is 42.9 Å². The van der Waals surface area contributed by atoms with E-state index in [1.165, 1.54) is 22.0 Å². The third-order valence-corrected chi connectivity index (χ3v) is 8.30. The summed E-state index contributed by atoms with van der Waals surface area (Å²) in [6.45, 7) is 3.06. The molecule has 0 aliphatic carbocycles. The van der Waals surface area contributed by atoms with Gasteiger partial charge in [0.25, 0.3) is 5.56 Å². The molecule has 3 aromatic carbocycles. The molecule has 0 bridgehead atoms. The smallest absolute Gasteiger partial charge is 0.337 e. The van der Waals surface area contributed by atoms with E-state index in [-0.39, 0.29) is 28.4 Å². The number of carbonyl (C=O) groups excluding carboxylic acids is 1. The number of anilines is 1. The van der Waals surface area contributed by atoms with Gasteiger partial charge < -0.3 is 20.7 Å². The first-order valence-corrected chi connectivity index (χ1v) is 14.8. The average Bonchev–Trinajstić information content (AvgIpc) is 3.39. The molecule has 9 nitrogen and oxygen atoms in total. The first-order valence-electron chi connectivity index (χ1n) is 14.0. The highest BCUT2D eigenvalue weighted by atomic mass is 32.1. The Balaban J connectivity index is 1.75. The minimum atomic E-state index is -0.795. The normalized spacial score (nSPS) is 11.2. The van der Waals surface area contributed by atoms with Crippen molar-refractivity contribution in [2.75, 3.05) is 32.1 Å². The summed E-state index contributed by atoms with van der Waals surface area (Å²) in [6, 6.07) is 18.7. The van der Waals surface area contributed by atoms with Crippen molar-refractivity contribution >= 4 is 33.3 Å². The number of hydrogen-bond donors (Lipinski definition) is 3. The van der Waals surface area contributed by atoms with E-state index in [2.05, 4.69) is 16.0 Å². The Labute approximate surface area is 255 Å². The van der Waals surface area contributed by atoms with Crippen LogP contribution in [0.3, 0.4) is 0 Å². The highest BCUT2D eigenvalue weighted by molar-refractivity contribution is 7.22. The number of benzene rings is 3. The van der Waals surface area contributed by atoms with Gasteiger partial charge >= 0.3 is 11.7 Å². The maximum Gasteiger partial charge on any atom is 0.337 e. The number of carbonyl (C=O) groups is 1. The van der Waals surface area contributed by atoms with Crippen LogP contribution in [-0.4, -0.2) is 42.0 Å². The largest absolute Gasteiger partial charge is 0.383 e. The van der Waals surface area contributed by atoms with Crippen molar-refractivity contribution in [3.63, 3.8) is 0 Å². The lowest BCUT2D eigenvalue weighted by Gasteiger charge is -2.14. The van der Waals surface area contributed by atoms with Crippen LogP contribution in [-0.2, 0) is 17.8 Å². The van der Waals surface area contributed by atoms with E-state index >= 15 is 0 Å². The van der Waals surface area contributed by atoms with Crippen LogP contribution >= 0.6 is 11.3 Å². The number of urea groups is 1. The molecule has 0 aliphatic heterocycles. The molecule has 5 rings (SSSR count). The molecule has 12 heteroatoms. The first kappa shape index (κ1) is 30.8. The number of halogens is 2. The predicted molar refractivity (Wildman–Crippen MR) is 169 cm³/mol. The van der Waals surface area contributed by atoms with E-state index in [9.17, 15) is 23.2 Å². The number of nitrogens with one attached hydrogen (secondary N) is 3. The van der Waals surface area contributed by atoms with E-state index in [0.29, 0.717) is 41.5 Å². The SMILES string of the molecule is CCNC(=O)Nc1ccc(-c2sc3c(c2CNCCOC)c(=O)n(-c2ccccc2)c(=O)n3Cc2c(F)cccc2F)cc1. The van der Waals surface area contributed by atoms with Crippen LogP contribution in [0.4, 0.5) is 19.3 Å². The van der Waals surface area contributed by atoms with Gasteiger partial charge in [-0.05, 0) is 54.4 Å². The lowest BCUT2D eigenvalue weighted by atomic mass is 10.1. The molecule has 0 aliphatic rings. The van der Waals surface area contributed by atoms with E-state index in [1.54, 1.807) is 61.7 Å². The second kappa shape index (κ2) is 13.8. The minimum absolute atomic E-state index is 0.258. The van der Waals surface area contributed by atoms with Crippen LogP contribution in [0.15, 0.2) is 82.4 Å². The molecule has 228 valence electrons. The van der Waals surface area contributed by atoms with Crippen molar-refractivity contribution in [1.82, 2.24) is 19.8 Å². The van der Waals surface area contributed by atoms with Gasteiger partial charge in [-0.15, -0.1) is 11.3 Å². The van der Waals surface area contributed by atoms with Gasteiger partial charge in [0.15, 0.2) is 0 Å². The summed E-state index contributed by atoms with van der Waals surface area (Å²) in [6.07, 6.45) is 0. The molecular weight excluding hydrogens is 588 g/mol. The Morgan fingerprint density at radius 3 is 2.30 bits per heavy atom. The maximum atomic E-state index is 14.9. The summed E-state index contributed by atoms with van der Waals surface area (Å²) < 4.78 is 37.2. The first-order chi connectivity index (χ1) is 21.3. The zero-order valence-electron chi connectivity index (χ0n) is 24.2. The molecule has 0 radical (unpaired) electrons. The predicted octanol–water partition coefficient (Wildman–Crippen LogP) is 5.08. The van der Waals surface area contributed by atoms with Crippen LogP contribution in [0.5, 0.6) is 0 Å². The molecule has 3 N–H and O–H groups in total. The maximum absolute atomic E-state index is 14.9. The van der Waals surface area contributed by atoms with Crippen molar-refractivity contribution in [3.8, 4) is 16.1 Å². The lowest BCUT2D eigenvalue weighted by molar-refractivity contribution is 0.199. The average molecular weight is 620 g/mol. The van der Waals surface area contributed by atoms with Crippen molar-refractivity contribution in [3.05, 3.63) is 116 Å². The molecule has 44 heavy (non-hydrogen) atoms. The third kappa shape index (κ3) is 6.32. The van der Waals surface area contributed by atoms with E-state index in [4.69, 9.17) is 4.74 Å². The molecule has 0 saturated heterocycles. The quantitative estimate of drug-likeness (QED) is 0.179. The van der Waals surface area contributed by atoms with Crippen molar-refractivity contribution in [2.45, 2.75) is 20.0 Å². The number of aromatic nitrogens is 2. The number of rotatable bonds is 11. The Morgan fingerprint density at radius 2 is 1.64 bits per heavy atom. The van der Waals surface area contributed by atoms with Gasteiger partial charge in [-0.25, -0.2) is 22.9 Å². The van der Waals surface area contributed by atoms with Gasteiger partial charge in [-0.2, -0.15) is 0 Å². The molecule has 0 atom stereocenters. The van der Waals surface area contributed by atoms with Gasteiger partial charge in [0.1, 0.15) is 16.5 Å². The van der Waals surface area contributed by atoms with E-state index in [1.807, 2.05) is 6.92 Å². The van der Waals surface area contributed by atoms with Crippen molar-refractivity contribution < 1.29 is 18.3 Å². The standard InChI is InChI=1S/C32H31F2N5O4S/c1-3-36-31(41)37-21-14-12-20(13-15-21)28-23(18-35-16-17-43-2)27-29(40)39(22-8-5-4-6-9-22)32(42)38(30(27)44-28)19-24-25(33)10-7-11-26(24)34/h4-15,35H,3,16-19H2,1-2H3,(H2,36,37,41). The lowest BCUT2D eigenvalue weighted by Crippen LogP contribution is -2.39. The third-order valence-electron chi connectivity index (χ3n) is 6.99. The fourth-order valence-electron chi connectivity index (χ4n) is 4.88. The van der Waals surface area contributed by atoms with E-state index in [0.717, 1.165) is 22.3 Å². The van der Waals surface area contributed by atoms with Crippen LogP contribution in [0.25, 0.3) is 26.3 Å². The topological polar surface area (TPSA) is 106 Å². The zero-order chi connectivity index (χ0) is 31.2. The van der Waals surface area contributed by atoms with Crippen LogP contribution in [0, 0.1) is 11.6 Å². The van der Waals surface area contributed by atoms with Crippen LogP contribution < -0.4 is 27.2 Å². The van der Waals surface area contributed by atoms with Gasteiger partial charge in [-0.1, -0.05) is 36.4 Å². The molecule has 0 saturated carbocycles. The summed E-state index contributed by atoms with van der Waals surface area (Å²) in [7, 11) is 1.59. The van der Waals surface area contributed by atoms with Crippen LogP contribution in [0.1, 0.15) is 18.1 Å². The Morgan fingerprint density at radius 1 is 0.932 bits per heavy atom. The fourth-order valence-corrected chi connectivity index (χ4v) is 6.19. The molecule has 0 unspecified atom stereocenters. The fraction of sp³-hybridized carbons (Fsp3) is 0.219. The van der Waals surface area contributed by atoms with Crippen molar-refractivity contribution in [1.29, 1.82) is 0 Å². The molecule has 2 heterocycles. The second-order valence-electron chi connectivity index (χ2n) is 9.87. The molecule has 2 aromatic heterocycles. The number of fused-ring (bicyclic) bond motifs is 1. The minimum Gasteiger partial charge on any atom is -0.383 e. The number of ether oxygens (including phenoxy) is 1. The Kier molecular flexibility index (Phi) is 9.63. The highest BCUT2D eigenvalue weighted by Crippen LogP contribution is 2.38. The number of thiophene rings is 1. The molecule has 0 fully saturated rings. The number of para-hydroxylation sites is 1. The second-order valence-corrected chi connectivity index (χ2v) is 10.9. The molecular formula is C32H31F2N5O4S. The van der Waals surface area contributed by atoms with Gasteiger partial charge in [0.05, 0.1) is 24.2 Å². The van der Waals surface area contributed by atoms with Crippen LogP contribution in [0.2, 0.25) is 0 Å². The van der Waals surface area contributed by atoms with Gasteiger partial charge in [0.2, 0.25) is 0 Å². The number of amides is 2. The monoisotopic (exact) mass is 619 g/mol. The Hall–Kier alpha value is -4.65. The summed E-state index contributed by atoms with van der Waals surface area (Å²) in [5.74, 6) is -1.59. The van der Waals surface area contributed by atoms with E-state index < -0.39 is 29.4 Å². The van der Waals surface area contributed by atoms with Crippen molar-refractivity contribution in [2.24, 2.45) is 0 Å². The summed E-state index contributed by atoms with van der Waals surface area (Å²) in [4.78, 5) is 41.2. The summed E-state index contributed by atoms with van der Waals surface area (Å²) in [5.41, 5.74) is 0.718. The molecule has 0 spiro atoms. The molecule has 5 aromatic rings. The summed E-state index contributed by atoms with van der Waals surface area (Å²) in [5, 5.41) is 8.99. The zero-order valence-corrected chi connectivity index (χ0v) is 25.0.